The second-order valence-electron chi connectivity index (χ2n) is 7.08. The maximum atomic E-state index is 13.2. The van der Waals surface area contributed by atoms with E-state index < -0.39 is 20.6 Å². The number of aryl methyl sites for hydroxylation is 1. The minimum absolute atomic E-state index is 0.0983. The van der Waals surface area contributed by atoms with E-state index in [4.69, 9.17) is 16.3 Å². The minimum atomic E-state index is -3.96. The van der Waals surface area contributed by atoms with Gasteiger partial charge in [-0.1, -0.05) is 11.6 Å². The Labute approximate surface area is 178 Å². The van der Waals surface area contributed by atoms with E-state index in [2.05, 4.69) is 14.9 Å². The van der Waals surface area contributed by atoms with Crippen LogP contribution in [0.5, 0.6) is 0 Å². The fourth-order valence-electron chi connectivity index (χ4n) is 3.68. The molecule has 1 aromatic heterocycles. The second-order valence-corrected chi connectivity index (χ2v) is 9.42. The summed E-state index contributed by atoms with van der Waals surface area (Å²) in [6.07, 6.45) is 0.435. The third-order valence-electron chi connectivity index (χ3n) is 5.18. The zero-order valence-electron chi connectivity index (χ0n) is 16.2. The van der Waals surface area contributed by atoms with Gasteiger partial charge in [0.15, 0.2) is 0 Å². The van der Waals surface area contributed by atoms with Crippen molar-refractivity contribution in [2.75, 3.05) is 37.7 Å². The van der Waals surface area contributed by atoms with Crippen molar-refractivity contribution in [3.8, 4) is 0 Å². The predicted molar refractivity (Wildman–Crippen MR) is 109 cm³/mol. The minimum Gasteiger partial charge on any atom is -0.378 e. The van der Waals surface area contributed by atoms with Crippen LogP contribution in [0.25, 0.3) is 0 Å². The first-order chi connectivity index (χ1) is 14.3. The molecule has 1 saturated heterocycles. The standard InChI is InChI=1S/C18H20ClN5O5S/c1-12-20-16-4-5-23(11-14(16)18(21-12)22-6-8-29-9-7-22)30(27,28)13-2-3-15(19)17(10-13)24(25)26/h2-3,10H,4-9,11H2,1H3. The van der Waals surface area contributed by atoms with Gasteiger partial charge in [-0.15, -0.1) is 0 Å². The molecule has 12 heteroatoms. The number of sulfonamides is 1. The zero-order valence-corrected chi connectivity index (χ0v) is 17.8. The van der Waals surface area contributed by atoms with Crippen LogP contribution in [0.1, 0.15) is 17.1 Å². The average Bonchev–Trinajstić information content (AvgIpc) is 2.73. The number of morpholine rings is 1. The Morgan fingerprint density at radius 3 is 2.63 bits per heavy atom. The van der Waals surface area contributed by atoms with Gasteiger partial charge >= 0.3 is 0 Å². The molecule has 0 radical (unpaired) electrons. The number of hydrogen-bond acceptors (Lipinski definition) is 8. The first kappa shape index (κ1) is 20.9. The van der Waals surface area contributed by atoms with E-state index >= 15 is 0 Å². The Balaban J connectivity index is 1.70. The van der Waals surface area contributed by atoms with Crippen LogP contribution in [0, 0.1) is 17.0 Å². The van der Waals surface area contributed by atoms with Crippen molar-refractivity contribution in [1.29, 1.82) is 0 Å². The molecule has 160 valence electrons. The summed E-state index contributed by atoms with van der Waals surface area (Å²) >= 11 is 5.83. The lowest BCUT2D eigenvalue weighted by atomic mass is 10.1. The molecule has 0 amide bonds. The van der Waals surface area contributed by atoms with Crippen LogP contribution < -0.4 is 4.90 Å². The molecule has 0 spiro atoms. The van der Waals surface area contributed by atoms with Crippen molar-refractivity contribution in [1.82, 2.24) is 14.3 Å². The molecule has 0 aliphatic carbocycles. The maximum Gasteiger partial charge on any atom is 0.289 e. The maximum absolute atomic E-state index is 13.2. The smallest absolute Gasteiger partial charge is 0.289 e. The van der Waals surface area contributed by atoms with Crippen molar-refractivity contribution >= 4 is 33.1 Å². The van der Waals surface area contributed by atoms with Crippen LogP contribution in [-0.4, -0.2) is 60.5 Å². The Kier molecular flexibility index (Phi) is 5.62. The van der Waals surface area contributed by atoms with Gasteiger partial charge in [0.1, 0.15) is 16.7 Å². The molecule has 2 aromatic rings. The molecule has 1 aromatic carbocycles. The van der Waals surface area contributed by atoms with Crippen molar-refractivity contribution in [3.63, 3.8) is 0 Å². The first-order valence-corrected chi connectivity index (χ1v) is 11.2. The number of aromatic nitrogens is 2. The lowest BCUT2D eigenvalue weighted by Gasteiger charge is -2.34. The summed E-state index contributed by atoms with van der Waals surface area (Å²) in [5, 5.41) is 11.1. The quantitative estimate of drug-likeness (QED) is 0.508. The summed E-state index contributed by atoms with van der Waals surface area (Å²) in [5.41, 5.74) is 1.15. The number of ether oxygens (including phenoxy) is 1. The Morgan fingerprint density at radius 2 is 1.93 bits per heavy atom. The number of nitro benzene ring substituents is 1. The van der Waals surface area contributed by atoms with Gasteiger partial charge in [0.25, 0.3) is 5.69 Å². The summed E-state index contributed by atoms with van der Waals surface area (Å²) in [6.45, 7) is 4.63. The lowest BCUT2D eigenvalue weighted by Crippen LogP contribution is -2.41. The van der Waals surface area contributed by atoms with E-state index in [1.165, 1.54) is 16.4 Å². The number of halogens is 1. The highest BCUT2D eigenvalue weighted by molar-refractivity contribution is 7.89. The molecular weight excluding hydrogens is 434 g/mol. The highest BCUT2D eigenvalue weighted by atomic mass is 35.5. The van der Waals surface area contributed by atoms with Gasteiger partial charge in [-0.25, -0.2) is 18.4 Å². The molecule has 10 nitrogen and oxygen atoms in total. The van der Waals surface area contributed by atoms with Gasteiger partial charge in [-0.2, -0.15) is 4.31 Å². The van der Waals surface area contributed by atoms with Crippen LogP contribution in [0.15, 0.2) is 23.1 Å². The number of benzene rings is 1. The largest absolute Gasteiger partial charge is 0.378 e. The topological polar surface area (TPSA) is 119 Å². The summed E-state index contributed by atoms with van der Waals surface area (Å²) in [5.74, 6) is 1.36. The van der Waals surface area contributed by atoms with Crippen LogP contribution in [0.3, 0.4) is 0 Å². The van der Waals surface area contributed by atoms with Crippen LogP contribution in [0.4, 0.5) is 11.5 Å². The number of hydrogen-bond donors (Lipinski definition) is 0. The van der Waals surface area contributed by atoms with E-state index in [-0.39, 0.29) is 23.0 Å². The summed E-state index contributed by atoms with van der Waals surface area (Å²) in [7, 11) is -3.96. The Bertz CT molecular complexity index is 1100. The summed E-state index contributed by atoms with van der Waals surface area (Å²) < 4.78 is 33.2. The van der Waals surface area contributed by atoms with Gasteiger partial charge in [0.05, 0.1) is 28.7 Å². The average molecular weight is 454 g/mol. The summed E-state index contributed by atoms with van der Waals surface area (Å²) in [4.78, 5) is 21.5. The fraction of sp³-hybridized carbons (Fsp3) is 0.444. The van der Waals surface area contributed by atoms with Crippen LogP contribution in [-0.2, 0) is 27.7 Å². The van der Waals surface area contributed by atoms with E-state index in [1.54, 1.807) is 0 Å². The molecular formula is C18H20ClN5O5S. The molecule has 2 aliphatic rings. The fourth-order valence-corrected chi connectivity index (χ4v) is 5.29. The van der Waals surface area contributed by atoms with E-state index in [1.807, 2.05) is 6.92 Å². The van der Waals surface area contributed by atoms with Crippen molar-refractivity contribution < 1.29 is 18.1 Å². The number of nitrogens with zero attached hydrogens (tertiary/aromatic N) is 5. The number of fused-ring (bicyclic) bond motifs is 1. The molecule has 0 bridgehead atoms. The van der Waals surface area contributed by atoms with Crippen LogP contribution in [0.2, 0.25) is 5.02 Å². The first-order valence-electron chi connectivity index (χ1n) is 9.40. The van der Waals surface area contributed by atoms with Crippen LogP contribution >= 0.6 is 11.6 Å². The summed E-state index contributed by atoms with van der Waals surface area (Å²) in [6, 6.07) is 3.52. The third-order valence-corrected chi connectivity index (χ3v) is 7.34. The number of rotatable bonds is 4. The monoisotopic (exact) mass is 453 g/mol. The lowest BCUT2D eigenvalue weighted by molar-refractivity contribution is -0.384. The number of nitro groups is 1. The highest BCUT2D eigenvalue weighted by Gasteiger charge is 2.33. The van der Waals surface area contributed by atoms with E-state index in [9.17, 15) is 18.5 Å². The predicted octanol–water partition coefficient (Wildman–Crippen LogP) is 1.93. The van der Waals surface area contributed by atoms with E-state index in [0.29, 0.717) is 38.5 Å². The Morgan fingerprint density at radius 1 is 1.20 bits per heavy atom. The van der Waals surface area contributed by atoms with Gasteiger partial charge < -0.3 is 9.64 Å². The SMILES string of the molecule is Cc1nc2c(c(N3CCOCC3)n1)CN(S(=O)(=O)c1ccc(Cl)c([N+](=O)[O-])c1)CC2. The second kappa shape index (κ2) is 8.06. The third kappa shape index (κ3) is 3.85. The molecule has 0 saturated carbocycles. The van der Waals surface area contributed by atoms with Gasteiger partial charge in [-0.05, 0) is 19.1 Å². The van der Waals surface area contributed by atoms with Gasteiger partial charge in [-0.3, -0.25) is 10.1 Å². The van der Waals surface area contributed by atoms with E-state index in [0.717, 1.165) is 23.1 Å². The molecule has 4 rings (SSSR count). The van der Waals surface area contributed by atoms with Crippen molar-refractivity contribution in [2.45, 2.75) is 24.8 Å². The highest BCUT2D eigenvalue weighted by Crippen LogP contribution is 2.33. The molecule has 2 aliphatic heterocycles. The Hall–Kier alpha value is -2.34. The molecule has 1 fully saturated rings. The molecule has 30 heavy (non-hydrogen) atoms. The molecule has 0 N–H and O–H groups in total. The zero-order chi connectivity index (χ0) is 21.5. The molecule has 0 unspecified atom stereocenters. The number of anilines is 1. The van der Waals surface area contributed by atoms with Gasteiger partial charge in [0.2, 0.25) is 10.0 Å². The van der Waals surface area contributed by atoms with Crippen molar-refractivity contribution in [3.05, 3.63) is 50.4 Å². The van der Waals surface area contributed by atoms with Crippen molar-refractivity contribution in [2.24, 2.45) is 0 Å². The molecule has 3 heterocycles. The molecule has 0 atom stereocenters. The van der Waals surface area contributed by atoms with Gasteiger partial charge in [0, 0.05) is 44.2 Å². The normalized spacial score (nSPS) is 17.6.